The molecule has 1 saturated heterocycles. The molecule has 0 aromatic heterocycles. The number of hydrogen-bond donors (Lipinski definition) is 1. The molecule has 0 spiro atoms. The molecule has 1 fully saturated rings. The second-order valence-corrected chi connectivity index (χ2v) is 5.06. The number of benzene rings is 1. The second-order valence-electron chi connectivity index (χ2n) is 5.06. The summed E-state index contributed by atoms with van der Waals surface area (Å²) in [5, 5.41) is 0. The molecule has 0 saturated carbocycles. The normalized spacial score (nSPS) is 20.8. The van der Waals surface area contributed by atoms with E-state index in [1.807, 2.05) is 30.3 Å². The summed E-state index contributed by atoms with van der Waals surface area (Å²) >= 11 is 0. The van der Waals surface area contributed by atoms with Crippen LogP contribution in [0.25, 0.3) is 0 Å². The molecule has 3 heteroatoms. The van der Waals surface area contributed by atoms with Crippen molar-refractivity contribution >= 4 is 0 Å². The molecule has 1 unspecified atom stereocenters. The maximum Gasteiger partial charge on any atom is 0.119 e. The van der Waals surface area contributed by atoms with E-state index in [-0.39, 0.29) is 0 Å². The third-order valence-corrected chi connectivity index (χ3v) is 3.57. The van der Waals surface area contributed by atoms with Gasteiger partial charge in [0.1, 0.15) is 5.75 Å². The van der Waals surface area contributed by atoms with E-state index >= 15 is 0 Å². The highest BCUT2D eigenvalue weighted by Crippen LogP contribution is 2.15. The van der Waals surface area contributed by atoms with Gasteiger partial charge in [-0.25, -0.2) is 0 Å². The Morgan fingerprint density at radius 1 is 1.28 bits per heavy atom. The molecule has 2 N–H and O–H groups in total. The summed E-state index contributed by atoms with van der Waals surface area (Å²) in [5.41, 5.74) is 5.74. The lowest BCUT2D eigenvalue weighted by atomic mass is 9.98. The number of ether oxygens (including phenoxy) is 1. The molecule has 100 valence electrons. The summed E-state index contributed by atoms with van der Waals surface area (Å²) in [4.78, 5) is 2.52. The van der Waals surface area contributed by atoms with E-state index in [2.05, 4.69) is 4.90 Å². The van der Waals surface area contributed by atoms with Gasteiger partial charge in [-0.3, -0.25) is 0 Å². The van der Waals surface area contributed by atoms with Crippen molar-refractivity contribution in [1.29, 1.82) is 0 Å². The van der Waals surface area contributed by atoms with Crippen LogP contribution in [0.3, 0.4) is 0 Å². The molecule has 1 aromatic carbocycles. The summed E-state index contributed by atoms with van der Waals surface area (Å²) in [7, 11) is 0. The van der Waals surface area contributed by atoms with Crippen LogP contribution in [0.2, 0.25) is 0 Å². The van der Waals surface area contributed by atoms with Gasteiger partial charge in [-0.05, 0) is 50.4 Å². The van der Waals surface area contributed by atoms with Crippen LogP contribution in [0.5, 0.6) is 5.75 Å². The molecule has 1 atom stereocenters. The fraction of sp³-hybridized carbons (Fsp3) is 0.600. The molecule has 1 heterocycles. The van der Waals surface area contributed by atoms with E-state index in [9.17, 15) is 0 Å². The molecule has 0 aliphatic carbocycles. The summed E-state index contributed by atoms with van der Waals surface area (Å²) in [6.45, 7) is 5.15. The summed E-state index contributed by atoms with van der Waals surface area (Å²) in [6.07, 6.45) is 3.68. The molecule has 0 bridgehead atoms. The van der Waals surface area contributed by atoms with E-state index < -0.39 is 0 Å². The Morgan fingerprint density at radius 3 is 2.89 bits per heavy atom. The van der Waals surface area contributed by atoms with Crippen LogP contribution >= 0.6 is 0 Å². The van der Waals surface area contributed by atoms with Gasteiger partial charge in [0, 0.05) is 13.1 Å². The molecule has 1 aliphatic heterocycles. The van der Waals surface area contributed by atoms with Crippen molar-refractivity contribution < 1.29 is 4.74 Å². The van der Waals surface area contributed by atoms with Gasteiger partial charge in [-0.2, -0.15) is 0 Å². The second kappa shape index (κ2) is 7.39. The van der Waals surface area contributed by atoms with Crippen LogP contribution in [0.15, 0.2) is 30.3 Å². The van der Waals surface area contributed by atoms with Gasteiger partial charge in [-0.15, -0.1) is 0 Å². The number of nitrogens with zero attached hydrogens (tertiary/aromatic N) is 1. The summed E-state index contributed by atoms with van der Waals surface area (Å²) in [6, 6.07) is 10.0. The largest absolute Gasteiger partial charge is 0.494 e. The smallest absolute Gasteiger partial charge is 0.119 e. The van der Waals surface area contributed by atoms with Crippen LogP contribution in [0, 0.1) is 5.92 Å². The van der Waals surface area contributed by atoms with Crippen LogP contribution in [-0.2, 0) is 0 Å². The van der Waals surface area contributed by atoms with E-state index in [4.69, 9.17) is 10.5 Å². The van der Waals surface area contributed by atoms with Gasteiger partial charge < -0.3 is 15.4 Å². The van der Waals surface area contributed by atoms with Crippen LogP contribution in [0.1, 0.15) is 19.3 Å². The third-order valence-electron chi connectivity index (χ3n) is 3.57. The van der Waals surface area contributed by atoms with E-state index in [1.165, 1.54) is 25.9 Å². The summed E-state index contributed by atoms with van der Waals surface area (Å²) in [5.74, 6) is 1.67. The molecule has 0 amide bonds. The highest BCUT2D eigenvalue weighted by atomic mass is 16.5. The van der Waals surface area contributed by atoms with Crippen LogP contribution < -0.4 is 10.5 Å². The molecule has 2 rings (SSSR count). The van der Waals surface area contributed by atoms with Gasteiger partial charge in [0.05, 0.1) is 6.61 Å². The van der Waals surface area contributed by atoms with Crippen molar-refractivity contribution in [2.24, 2.45) is 11.7 Å². The van der Waals surface area contributed by atoms with Gasteiger partial charge in [0.2, 0.25) is 0 Å². The third kappa shape index (κ3) is 4.31. The minimum Gasteiger partial charge on any atom is -0.494 e. The molecule has 18 heavy (non-hydrogen) atoms. The first-order valence-corrected chi connectivity index (χ1v) is 6.99. The first-order chi connectivity index (χ1) is 8.88. The summed E-state index contributed by atoms with van der Waals surface area (Å²) < 4.78 is 5.70. The molecular formula is C15H24N2O. The Kier molecular flexibility index (Phi) is 5.49. The predicted octanol–water partition coefficient (Wildman–Crippen LogP) is 2.13. The number of likely N-dealkylation sites (tertiary alicyclic amines) is 1. The van der Waals surface area contributed by atoms with E-state index in [1.54, 1.807) is 0 Å². The van der Waals surface area contributed by atoms with Gasteiger partial charge in [-0.1, -0.05) is 18.2 Å². The van der Waals surface area contributed by atoms with Crippen LogP contribution in [-0.4, -0.2) is 37.7 Å². The average Bonchev–Trinajstić information content (AvgIpc) is 2.45. The fourth-order valence-corrected chi connectivity index (χ4v) is 2.54. The predicted molar refractivity (Wildman–Crippen MR) is 74.8 cm³/mol. The molecule has 3 nitrogen and oxygen atoms in total. The van der Waals surface area contributed by atoms with Gasteiger partial charge >= 0.3 is 0 Å². The van der Waals surface area contributed by atoms with Crippen molar-refractivity contribution in [2.45, 2.75) is 19.3 Å². The fourth-order valence-electron chi connectivity index (χ4n) is 2.54. The van der Waals surface area contributed by atoms with Crippen molar-refractivity contribution in [3.05, 3.63) is 30.3 Å². The number of piperidine rings is 1. The Bertz CT molecular complexity index is 329. The topological polar surface area (TPSA) is 38.5 Å². The quantitative estimate of drug-likeness (QED) is 0.784. The molecular weight excluding hydrogens is 224 g/mol. The lowest BCUT2D eigenvalue weighted by Crippen LogP contribution is -2.39. The first-order valence-electron chi connectivity index (χ1n) is 6.99. The highest BCUT2D eigenvalue weighted by molar-refractivity contribution is 5.20. The average molecular weight is 248 g/mol. The Hall–Kier alpha value is -1.06. The maximum atomic E-state index is 5.74. The number of hydrogen-bond acceptors (Lipinski definition) is 3. The zero-order chi connectivity index (χ0) is 12.6. The number of rotatable bonds is 6. The zero-order valence-electron chi connectivity index (χ0n) is 11.1. The van der Waals surface area contributed by atoms with Crippen LogP contribution in [0.4, 0.5) is 0 Å². The number of para-hydroxylation sites is 1. The molecule has 0 radical (unpaired) electrons. The van der Waals surface area contributed by atoms with Crippen molar-refractivity contribution in [2.75, 3.05) is 32.8 Å². The Labute approximate surface area is 110 Å². The van der Waals surface area contributed by atoms with Crippen molar-refractivity contribution in [3.63, 3.8) is 0 Å². The van der Waals surface area contributed by atoms with Crippen molar-refractivity contribution in [3.8, 4) is 5.75 Å². The van der Waals surface area contributed by atoms with Gasteiger partial charge in [0.15, 0.2) is 0 Å². The zero-order valence-corrected chi connectivity index (χ0v) is 11.1. The highest BCUT2D eigenvalue weighted by Gasteiger charge is 2.17. The van der Waals surface area contributed by atoms with E-state index in [0.29, 0.717) is 5.92 Å². The minimum absolute atomic E-state index is 0.703. The van der Waals surface area contributed by atoms with Crippen molar-refractivity contribution in [1.82, 2.24) is 4.90 Å². The molecule has 1 aliphatic rings. The maximum absolute atomic E-state index is 5.74. The molecule has 1 aromatic rings. The number of nitrogens with two attached hydrogens (primary N) is 1. The minimum atomic E-state index is 0.703. The standard InChI is InChI=1S/C15H24N2O/c16-12-14-6-4-9-17(13-14)10-5-11-18-15-7-2-1-3-8-15/h1-3,7-8,14H,4-6,9-13,16H2. The van der Waals surface area contributed by atoms with Gasteiger partial charge in [0.25, 0.3) is 0 Å². The Morgan fingerprint density at radius 2 is 2.11 bits per heavy atom. The van der Waals surface area contributed by atoms with E-state index in [0.717, 1.165) is 31.9 Å². The lowest BCUT2D eigenvalue weighted by Gasteiger charge is -2.31. The lowest BCUT2D eigenvalue weighted by molar-refractivity contribution is 0.165. The monoisotopic (exact) mass is 248 g/mol. The Balaban J connectivity index is 1.60. The SMILES string of the molecule is NCC1CCCN(CCCOc2ccccc2)C1. The first kappa shape index (κ1) is 13.4.